The lowest BCUT2D eigenvalue weighted by Gasteiger charge is -2.22. The number of pyridine rings is 1. The zero-order chi connectivity index (χ0) is 21.8. The first-order chi connectivity index (χ1) is 15.1. The molecule has 160 valence electrons. The third-order valence-electron chi connectivity index (χ3n) is 5.59. The first-order valence-corrected chi connectivity index (χ1v) is 10.7. The number of nitrogens with zero attached hydrogens (tertiary/aromatic N) is 1. The number of aromatic nitrogens is 1. The van der Waals surface area contributed by atoms with Gasteiger partial charge in [0.1, 0.15) is 5.76 Å². The smallest absolute Gasteiger partial charge is 0.339 e. The Morgan fingerprint density at radius 1 is 1.23 bits per heavy atom. The molecule has 1 amide bonds. The molecule has 1 atom stereocenters. The van der Waals surface area contributed by atoms with Gasteiger partial charge in [-0.1, -0.05) is 25.1 Å². The fourth-order valence-electron chi connectivity index (χ4n) is 3.88. The second-order valence-electron chi connectivity index (χ2n) is 7.82. The molecule has 6 nitrogen and oxygen atoms in total. The average molecular weight is 418 g/mol. The van der Waals surface area contributed by atoms with Gasteiger partial charge in [-0.2, -0.15) is 0 Å². The largest absolute Gasteiger partial charge is 0.465 e. The van der Waals surface area contributed by atoms with E-state index in [9.17, 15) is 9.59 Å². The molecule has 1 N–H and O–H groups in total. The Balaban J connectivity index is 1.71. The van der Waals surface area contributed by atoms with Crippen LogP contribution in [0.4, 0.5) is 0 Å². The van der Waals surface area contributed by atoms with Crippen molar-refractivity contribution < 1.29 is 18.7 Å². The molecule has 3 aromatic rings. The molecule has 0 fully saturated rings. The van der Waals surface area contributed by atoms with Crippen LogP contribution >= 0.6 is 0 Å². The molecular formula is C25H26N2O4. The van der Waals surface area contributed by atoms with Crippen LogP contribution in [0.5, 0.6) is 0 Å². The Morgan fingerprint density at radius 2 is 2.06 bits per heavy atom. The van der Waals surface area contributed by atoms with Crippen molar-refractivity contribution in [3.63, 3.8) is 0 Å². The van der Waals surface area contributed by atoms with Crippen LogP contribution in [-0.2, 0) is 16.0 Å². The molecule has 0 saturated heterocycles. The Kier molecular flexibility index (Phi) is 6.16. The Hall–Kier alpha value is -3.41. The molecule has 4 rings (SSSR count). The maximum Gasteiger partial charge on any atom is 0.339 e. The summed E-state index contributed by atoms with van der Waals surface area (Å²) in [5, 5.41) is 3.56. The molecule has 1 aliphatic rings. The molecule has 0 aliphatic heterocycles. The number of benzene rings is 1. The van der Waals surface area contributed by atoms with E-state index in [0.29, 0.717) is 5.56 Å². The number of furan rings is 1. The number of rotatable bonds is 6. The van der Waals surface area contributed by atoms with E-state index in [1.165, 1.54) is 0 Å². The van der Waals surface area contributed by atoms with E-state index in [4.69, 9.17) is 14.1 Å². The molecular weight excluding hydrogens is 392 g/mol. The summed E-state index contributed by atoms with van der Waals surface area (Å²) in [6.07, 6.45) is 6.91. The quantitative estimate of drug-likeness (QED) is 0.583. The molecule has 2 aromatic heterocycles. The van der Waals surface area contributed by atoms with E-state index < -0.39 is 5.97 Å². The summed E-state index contributed by atoms with van der Waals surface area (Å²) in [6.45, 7) is 3.60. The van der Waals surface area contributed by atoms with Gasteiger partial charge >= 0.3 is 5.97 Å². The lowest BCUT2D eigenvalue weighted by Crippen LogP contribution is -2.35. The molecule has 1 aliphatic carbocycles. The Labute approximate surface area is 181 Å². The van der Waals surface area contributed by atoms with Gasteiger partial charge in [0, 0.05) is 11.4 Å². The van der Waals surface area contributed by atoms with E-state index in [2.05, 4.69) is 5.32 Å². The highest BCUT2D eigenvalue weighted by Crippen LogP contribution is 2.36. The lowest BCUT2D eigenvalue weighted by molar-refractivity contribution is -0.124. The van der Waals surface area contributed by atoms with Gasteiger partial charge < -0.3 is 14.5 Å². The summed E-state index contributed by atoms with van der Waals surface area (Å²) in [4.78, 5) is 30.1. The molecule has 1 aromatic carbocycles. The van der Waals surface area contributed by atoms with Crippen molar-refractivity contribution >= 4 is 34.4 Å². The van der Waals surface area contributed by atoms with Crippen LogP contribution in [0.2, 0.25) is 0 Å². The first-order valence-electron chi connectivity index (χ1n) is 10.7. The van der Waals surface area contributed by atoms with Crippen LogP contribution in [-0.4, -0.2) is 29.5 Å². The van der Waals surface area contributed by atoms with Gasteiger partial charge in [-0.15, -0.1) is 0 Å². The number of carbonyl (C=O) groups is 2. The Bertz CT molecular complexity index is 1130. The zero-order valence-corrected chi connectivity index (χ0v) is 17.8. The first kappa shape index (κ1) is 20.8. The minimum absolute atomic E-state index is 0.0370. The summed E-state index contributed by atoms with van der Waals surface area (Å²) >= 11 is 0. The van der Waals surface area contributed by atoms with Gasteiger partial charge in [-0.3, -0.25) is 4.79 Å². The number of para-hydroxylation sites is 1. The molecule has 0 radical (unpaired) electrons. The number of hydrogen-bond donors (Lipinski definition) is 1. The maximum atomic E-state index is 13.1. The number of hydrogen-bond acceptors (Lipinski definition) is 5. The van der Waals surface area contributed by atoms with Crippen LogP contribution < -0.4 is 5.32 Å². The normalized spacial score (nSPS) is 15.5. The number of amides is 1. The number of carbonyl (C=O) groups excluding carboxylic acids is 2. The summed E-state index contributed by atoms with van der Waals surface area (Å²) < 4.78 is 10.9. The minimum atomic E-state index is -0.492. The molecule has 0 unspecified atom stereocenters. The third-order valence-corrected chi connectivity index (χ3v) is 5.59. The van der Waals surface area contributed by atoms with Crippen molar-refractivity contribution in [1.82, 2.24) is 10.3 Å². The van der Waals surface area contributed by atoms with Crippen LogP contribution in [0.3, 0.4) is 0 Å². The summed E-state index contributed by atoms with van der Waals surface area (Å²) in [7, 11) is 0. The fourth-order valence-corrected chi connectivity index (χ4v) is 3.88. The van der Waals surface area contributed by atoms with Gasteiger partial charge in [0.25, 0.3) is 5.91 Å². The van der Waals surface area contributed by atoms with Crippen molar-refractivity contribution in [2.24, 2.45) is 0 Å². The van der Waals surface area contributed by atoms with Crippen LogP contribution in [0.15, 0.2) is 47.1 Å². The molecule has 0 spiro atoms. The second-order valence-corrected chi connectivity index (χ2v) is 7.82. The van der Waals surface area contributed by atoms with E-state index in [0.717, 1.165) is 59.2 Å². The van der Waals surface area contributed by atoms with E-state index in [1.807, 2.05) is 56.3 Å². The molecule has 0 bridgehead atoms. The van der Waals surface area contributed by atoms with E-state index >= 15 is 0 Å². The second kappa shape index (κ2) is 9.16. The lowest BCUT2D eigenvalue weighted by atomic mass is 9.86. The fraction of sp³-hybridized carbons (Fsp3) is 0.320. The van der Waals surface area contributed by atoms with Crippen molar-refractivity contribution in [3.8, 4) is 0 Å². The highest BCUT2D eigenvalue weighted by molar-refractivity contribution is 6.07. The minimum Gasteiger partial charge on any atom is -0.465 e. The van der Waals surface area contributed by atoms with Gasteiger partial charge in [0.2, 0.25) is 0 Å². The van der Waals surface area contributed by atoms with Crippen LogP contribution in [0, 0.1) is 0 Å². The van der Waals surface area contributed by atoms with Crippen LogP contribution in [0.25, 0.3) is 22.6 Å². The van der Waals surface area contributed by atoms with Crippen molar-refractivity contribution in [2.45, 2.75) is 45.6 Å². The van der Waals surface area contributed by atoms with Crippen molar-refractivity contribution in [1.29, 1.82) is 0 Å². The number of allylic oxidation sites excluding steroid dienone is 1. The Morgan fingerprint density at radius 3 is 2.84 bits per heavy atom. The summed E-state index contributed by atoms with van der Waals surface area (Å²) in [5.74, 6) is -0.0367. The van der Waals surface area contributed by atoms with Crippen LogP contribution in [0.1, 0.15) is 60.5 Å². The van der Waals surface area contributed by atoms with Gasteiger partial charge in [0.05, 0.1) is 23.0 Å². The molecule has 0 saturated carbocycles. The molecule has 6 heteroatoms. The predicted octanol–water partition coefficient (Wildman–Crippen LogP) is 4.78. The van der Waals surface area contributed by atoms with Crippen molar-refractivity contribution in [2.75, 3.05) is 6.61 Å². The number of esters is 1. The van der Waals surface area contributed by atoms with Gasteiger partial charge in [0.15, 0.2) is 6.61 Å². The number of fused-ring (bicyclic) bond motifs is 2. The summed E-state index contributed by atoms with van der Waals surface area (Å²) in [5.41, 5.74) is 3.93. The van der Waals surface area contributed by atoms with Gasteiger partial charge in [-0.05, 0) is 68.0 Å². The zero-order valence-electron chi connectivity index (χ0n) is 17.8. The SMILES string of the molecule is CC[C@H](C)NC(=O)COC(=O)c1c2c(nc3ccccc13)/C(=C\c1ccco1)CCC2. The average Bonchev–Trinajstić information content (AvgIpc) is 3.29. The standard InChI is InChI=1S/C25H26N2O4/c1-3-16(2)26-22(28)15-31-25(29)23-19-10-4-5-12-21(19)27-24-17(8-6-11-20(23)24)14-18-9-7-13-30-18/h4-5,7,9-10,12-14,16H,3,6,8,11,15H2,1-2H3,(H,26,28)/b17-14-/t16-/m0/s1. The van der Waals surface area contributed by atoms with Crippen molar-refractivity contribution in [3.05, 3.63) is 65.2 Å². The predicted molar refractivity (Wildman–Crippen MR) is 119 cm³/mol. The highest BCUT2D eigenvalue weighted by Gasteiger charge is 2.26. The number of ether oxygens (including phenoxy) is 1. The monoisotopic (exact) mass is 418 g/mol. The highest BCUT2D eigenvalue weighted by atomic mass is 16.5. The summed E-state index contributed by atoms with van der Waals surface area (Å²) in [6, 6.07) is 11.3. The topological polar surface area (TPSA) is 81.4 Å². The number of nitrogens with one attached hydrogen (secondary N) is 1. The van der Waals surface area contributed by atoms with E-state index in [1.54, 1.807) is 6.26 Å². The molecule has 2 heterocycles. The maximum absolute atomic E-state index is 13.1. The van der Waals surface area contributed by atoms with E-state index in [-0.39, 0.29) is 18.6 Å². The third kappa shape index (κ3) is 4.53. The van der Waals surface area contributed by atoms with Gasteiger partial charge in [-0.25, -0.2) is 9.78 Å². The molecule has 31 heavy (non-hydrogen) atoms.